The maximum Gasteiger partial charge on any atom is 0.229 e. The fraction of sp³-hybridized carbons (Fsp3) is 0.483. The number of benzene rings is 1. The van der Waals surface area contributed by atoms with Gasteiger partial charge in [-0.1, -0.05) is 53.0 Å². The Labute approximate surface area is 215 Å². The highest BCUT2D eigenvalue weighted by Crippen LogP contribution is 2.32. The van der Waals surface area contributed by atoms with Crippen molar-refractivity contribution < 1.29 is 4.74 Å². The minimum Gasteiger partial charge on any atom is -0.467 e. The number of nitrogens with zero attached hydrogens (tertiary/aromatic N) is 5. The molecular formula is C29H40N6O. The molecule has 192 valence electrons. The summed E-state index contributed by atoms with van der Waals surface area (Å²) in [5.74, 6) is 3.63. The second-order valence-corrected chi connectivity index (χ2v) is 11.0. The molecule has 0 atom stereocenters. The predicted octanol–water partition coefficient (Wildman–Crippen LogP) is 6.77. The van der Waals surface area contributed by atoms with Crippen LogP contribution in [-0.2, 0) is 17.2 Å². The molecule has 0 bridgehead atoms. The average molecular weight is 489 g/mol. The van der Waals surface area contributed by atoms with Gasteiger partial charge in [0.1, 0.15) is 5.52 Å². The highest BCUT2D eigenvalue weighted by atomic mass is 16.5. The summed E-state index contributed by atoms with van der Waals surface area (Å²) in [6.45, 7) is 20.7. The highest BCUT2D eigenvalue weighted by molar-refractivity contribution is 5.87. The standard InChI is InChI=1S/C29H40N6O/c1-9-20(3)36-21(4)16-22-12-14-35(15-13-22)28-32-26-25(34(8)18-30-26)27(33-28)31-24-17-23(29(5,6)7)11-10-19(24)2/h10-11,17-18,22H,3-4,9,12-16H2,1-2,5-8H3,(H,31,32,33). The minimum atomic E-state index is 0.0628. The third-order valence-electron chi connectivity index (χ3n) is 7.01. The number of nitrogens with one attached hydrogen (secondary N) is 1. The fourth-order valence-electron chi connectivity index (χ4n) is 4.60. The number of aromatic nitrogens is 4. The normalized spacial score (nSPS) is 14.8. The van der Waals surface area contributed by atoms with Gasteiger partial charge in [0, 0.05) is 38.7 Å². The Morgan fingerprint density at radius 2 is 1.86 bits per heavy atom. The SMILES string of the molecule is C=C(CC)OC(=C)CC1CCN(c2nc(Nc3cc(C(C)(C)C)ccc3C)c3c(ncn3C)n2)CC1. The fourth-order valence-corrected chi connectivity index (χ4v) is 4.60. The number of aryl methyl sites for hydroxylation is 2. The Morgan fingerprint density at radius 1 is 1.14 bits per heavy atom. The van der Waals surface area contributed by atoms with E-state index in [0.29, 0.717) is 11.6 Å². The molecule has 0 unspecified atom stereocenters. The van der Waals surface area contributed by atoms with Gasteiger partial charge in [0.25, 0.3) is 0 Å². The summed E-state index contributed by atoms with van der Waals surface area (Å²) in [5.41, 5.74) is 5.18. The van der Waals surface area contributed by atoms with Gasteiger partial charge in [-0.05, 0) is 48.3 Å². The molecule has 3 heterocycles. The van der Waals surface area contributed by atoms with Gasteiger partial charge < -0.3 is 19.5 Å². The zero-order valence-electron chi connectivity index (χ0n) is 22.7. The molecule has 2 aromatic heterocycles. The van der Waals surface area contributed by atoms with Crippen molar-refractivity contribution in [1.82, 2.24) is 19.5 Å². The van der Waals surface area contributed by atoms with Crippen molar-refractivity contribution in [2.45, 2.75) is 65.7 Å². The van der Waals surface area contributed by atoms with Crippen LogP contribution in [0.3, 0.4) is 0 Å². The zero-order chi connectivity index (χ0) is 26.0. The van der Waals surface area contributed by atoms with Crippen molar-refractivity contribution in [3.8, 4) is 0 Å². The van der Waals surface area contributed by atoms with Crippen LogP contribution in [0.5, 0.6) is 0 Å². The van der Waals surface area contributed by atoms with Crippen molar-refractivity contribution in [1.29, 1.82) is 0 Å². The monoisotopic (exact) mass is 488 g/mol. The van der Waals surface area contributed by atoms with Crippen molar-refractivity contribution in [3.05, 3.63) is 60.3 Å². The van der Waals surface area contributed by atoms with E-state index < -0.39 is 0 Å². The van der Waals surface area contributed by atoms with Gasteiger partial charge in [0.05, 0.1) is 17.8 Å². The van der Waals surface area contributed by atoms with Crippen LogP contribution in [0, 0.1) is 12.8 Å². The molecule has 0 radical (unpaired) electrons. The second kappa shape index (κ2) is 10.3. The maximum atomic E-state index is 5.73. The third-order valence-corrected chi connectivity index (χ3v) is 7.01. The van der Waals surface area contributed by atoms with Crippen molar-refractivity contribution in [3.63, 3.8) is 0 Å². The van der Waals surface area contributed by atoms with Crippen LogP contribution in [0.15, 0.2) is 49.2 Å². The van der Waals surface area contributed by atoms with Gasteiger partial charge >= 0.3 is 0 Å². The summed E-state index contributed by atoms with van der Waals surface area (Å²) >= 11 is 0. The lowest BCUT2D eigenvalue weighted by molar-refractivity contribution is 0.254. The summed E-state index contributed by atoms with van der Waals surface area (Å²) in [6, 6.07) is 6.60. The molecule has 4 rings (SSSR count). The smallest absolute Gasteiger partial charge is 0.229 e. The first-order valence-corrected chi connectivity index (χ1v) is 12.9. The molecular weight excluding hydrogens is 448 g/mol. The summed E-state index contributed by atoms with van der Waals surface area (Å²) in [7, 11) is 1.98. The Balaban J connectivity index is 1.55. The van der Waals surface area contributed by atoms with E-state index in [1.165, 1.54) is 11.1 Å². The van der Waals surface area contributed by atoms with Crippen LogP contribution >= 0.6 is 0 Å². The van der Waals surface area contributed by atoms with Crippen molar-refractivity contribution in [2.24, 2.45) is 13.0 Å². The largest absolute Gasteiger partial charge is 0.467 e. The molecule has 7 nitrogen and oxygen atoms in total. The van der Waals surface area contributed by atoms with Gasteiger partial charge in [-0.3, -0.25) is 0 Å². The summed E-state index contributed by atoms with van der Waals surface area (Å²) in [5, 5.41) is 3.62. The molecule has 36 heavy (non-hydrogen) atoms. The van der Waals surface area contributed by atoms with E-state index in [9.17, 15) is 0 Å². The zero-order valence-corrected chi connectivity index (χ0v) is 22.7. The lowest BCUT2D eigenvalue weighted by Gasteiger charge is -2.32. The molecule has 7 heteroatoms. The topological polar surface area (TPSA) is 68.1 Å². The van der Waals surface area contributed by atoms with E-state index in [2.05, 4.69) is 74.3 Å². The van der Waals surface area contributed by atoms with Crippen molar-refractivity contribution >= 4 is 28.6 Å². The first kappa shape index (κ1) is 25.7. The van der Waals surface area contributed by atoms with Crippen LogP contribution in [0.2, 0.25) is 0 Å². The Morgan fingerprint density at radius 3 is 2.53 bits per heavy atom. The number of anilines is 3. The molecule has 3 aromatic rings. The number of allylic oxidation sites excluding steroid dienone is 2. The predicted molar refractivity (Wildman–Crippen MR) is 149 cm³/mol. The van der Waals surface area contributed by atoms with Crippen LogP contribution in [-0.4, -0.2) is 32.6 Å². The van der Waals surface area contributed by atoms with Crippen LogP contribution < -0.4 is 10.2 Å². The first-order valence-electron chi connectivity index (χ1n) is 12.9. The first-order chi connectivity index (χ1) is 17.0. The molecule has 0 amide bonds. The number of imidazole rings is 1. The second-order valence-electron chi connectivity index (χ2n) is 11.0. The lowest BCUT2D eigenvalue weighted by atomic mass is 9.86. The summed E-state index contributed by atoms with van der Waals surface area (Å²) in [4.78, 5) is 16.7. The molecule has 1 N–H and O–H groups in total. The number of rotatable bonds is 8. The highest BCUT2D eigenvalue weighted by Gasteiger charge is 2.24. The number of hydrogen-bond donors (Lipinski definition) is 1. The van der Waals surface area contributed by atoms with Crippen molar-refractivity contribution in [2.75, 3.05) is 23.3 Å². The van der Waals surface area contributed by atoms with E-state index in [1.54, 1.807) is 6.33 Å². The van der Waals surface area contributed by atoms with Gasteiger partial charge in [-0.2, -0.15) is 9.97 Å². The van der Waals surface area contributed by atoms with Gasteiger partial charge in [-0.15, -0.1) is 0 Å². The Bertz CT molecular complexity index is 1260. The molecule has 1 fully saturated rings. The van der Waals surface area contributed by atoms with Gasteiger partial charge in [-0.25, -0.2) is 4.98 Å². The molecule has 1 saturated heterocycles. The van der Waals surface area contributed by atoms with Crippen LogP contribution in [0.4, 0.5) is 17.5 Å². The molecule has 0 saturated carbocycles. The Hall–Kier alpha value is -3.35. The van der Waals surface area contributed by atoms with E-state index in [1.807, 2.05) is 18.5 Å². The molecule has 0 spiro atoms. The third kappa shape index (κ3) is 5.72. The summed E-state index contributed by atoms with van der Waals surface area (Å²) in [6.07, 6.45) is 5.55. The van der Waals surface area contributed by atoms with E-state index >= 15 is 0 Å². The molecule has 0 aliphatic carbocycles. The minimum absolute atomic E-state index is 0.0628. The van der Waals surface area contributed by atoms with E-state index in [0.717, 1.165) is 73.3 Å². The van der Waals surface area contributed by atoms with E-state index in [4.69, 9.17) is 14.7 Å². The van der Waals surface area contributed by atoms with Crippen LogP contribution in [0.25, 0.3) is 11.2 Å². The number of ether oxygens (including phenoxy) is 1. The van der Waals surface area contributed by atoms with Gasteiger partial charge in [0.2, 0.25) is 5.95 Å². The molecule has 1 aliphatic rings. The molecule has 1 aliphatic heterocycles. The quantitative estimate of drug-likeness (QED) is 0.353. The van der Waals surface area contributed by atoms with E-state index in [-0.39, 0.29) is 5.41 Å². The number of fused-ring (bicyclic) bond motifs is 1. The van der Waals surface area contributed by atoms with Crippen LogP contribution in [0.1, 0.15) is 64.5 Å². The summed E-state index contributed by atoms with van der Waals surface area (Å²) < 4.78 is 7.71. The number of hydrogen-bond acceptors (Lipinski definition) is 6. The maximum absolute atomic E-state index is 5.73. The number of piperidine rings is 1. The Kier molecular flexibility index (Phi) is 7.38. The molecule has 1 aromatic carbocycles. The lowest BCUT2D eigenvalue weighted by Crippen LogP contribution is -2.35. The van der Waals surface area contributed by atoms with Gasteiger partial charge in [0.15, 0.2) is 11.5 Å². The average Bonchev–Trinajstić information content (AvgIpc) is 3.21.